The fourth-order valence-electron chi connectivity index (χ4n) is 3.24. The first-order valence-corrected chi connectivity index (χ1v) is 9.39. The van der Waals surface area contributed by atoms with Gasteiger partial charge < -0.3 is 13.9 Å². The van der Waals surface area contributed by atoms with Gasteiger partial charge in [-0.15, -0.1) is 0 Å². The van der Waals surface area contributed by atoms with Crippen LogP contribution >= 0.6 is 0 Å². The van der Waals surface area contributed by atoms with Gasteiger partial charge >= 0.3 is 6.18 Å². The number of nitrogens with zero attached hydrogens (tertiary/aromatic N) is 3. The van der Waals surface area contributed by atoms with E-state index in [0.717, 1.165) is 25.0 Å². The van der Waals surface area contributed by atoms with Gasteiger partial charge in [0.2, 0.25) is 0 Å². The summed E-state index contributed by atoms with van der Waals surface area (Å²) in [5.41, 5.74) is -0.162. The third kappa shape index (κ3) is 4.70. The fourth-order valence-corrected chi connectivity index (χ4v) is 3.24. The molecule has 5 nitrogen and oxygen atoms in total. The van der Waals surface area contributed by atoms with Gasteiger partial charge in [-0.05, 0) is 48.6 Å². The van der Waals surface area contributed by atoms with E-state index < -0.39 is 11.7 Å². The van der Waals surface area contributed by atoms with Crippen LogP contribution in [0.5, 0.6) is 0 Å². The number of carbonyl (C=O) groups is 1. The summed E-state index contributed by atoms with van der Waals surface area (Å²) in [5, 5.41) is 0. The van der Waals surface area contributed by atoms with Crippen LogP contribution in [0.4, 0.5) is 13.2 Å². The first kappa shape index (κ1) is 19.3. The zero-order valence-electron chi connectivity index (χ0n) is 15.6. The number of hydrogen-bond donors (Lipinski definition) is 0. The van der Waals surface area contributed by atoms with Crippen molar-refractivity contribution < 1.29 is 22.4 Å². The molecule has 0 N–H and O–H groups in total. The second kappa shape index (κ2) is 7.77. The minimum absolute atomic E-state index is 0.212. The summed E-state index contributed by atoms with van der Waals surface area (Å²) in [4.78, 5) is 18.8. The van der Waals surface area contributed by atoms with Gasteiger partial charge in [-0.3, -0.25) is 4.79 Å². The largest absolute Gasteiger partial charge is 0.459 e. The molecule has 2 heterocycles. The number of aromatic nitrogens is 2. The molecular formula is C21H20F3N3O2. The number of alkyl halides is 3. The molecule has 0 spiro atoms. The van der Waals surface area contributed by atoms with Crippen LogP contribution in [0.15, 0.2) is 59.5 Å². The van der Waals surface area contributed by atoms with E-state index in [2.05, 4.69) is 4.98 Å². The molecule has 4 rings (SSSR count). The van der Waals surface area contributed by atoms with Crippen molar-refractivity contribution in [3.63, 3.8) is 0 Å². The monoisotopic (exact) mass is 403 g/mol. The molecule has 8 heteroatoms. The first-order chi connectivity index (χ1) is 13.9. The van der Waals surface area contributed by atoms with Crippen molar-refractivity contribution >= 4 is 5.91 Å². The summed E-state index contributed by atoms with van der Waals surface area (Å²) in [7, 11) is 0. The number of halogens is 3. The average molecular weight is 403 g/mol. The molecule has 0 aliphatic heterocycles. The van der Waals surface area contributed by atoms with Gasteiger partial charge in [0.05, 0.1) is 18.4 Å². The highest BCUT2D eigenvalue weighted by molar-refractivity contribution is 5.91. The molecule has 0 atom stereocenters. The van der Waals surface area contributed by atoms with Gasteiger partial charge in [0.25, 0.3) is 5.91 Å². The SMILES string of the molecule is O=C(c1ccco1)N(Cc1nccn1Cc1cccc(C(F)(F)F)c1)CC1CC1. The van der Waals surface area contributed by atoms with E-state index in [-0.39, 0.29) is 24.8 Å². The number of carbonyl (C=O) groups excluding carboxylic acids is 1. The van der Waals surface area contributed by atoms with Crippen molar-refractivity contribution in [1.29, 1.82) is 0 Å². The van der Waals surface area contributed by atoms with Crippen LogP contribution in [0.25, 0.3) is 0 Å². The maximum Gasteiger partial charge on any atom is 0.416 e. The Labute approximate surface area is 165 Å². The van der Waals surface area contributed by atoms with E-state index in [9.17, 15) is 18.0 Å². The van der Waals surface area contributed by atoms with E-state index in [1.807, 2.05) is 0 Å². The number of amides is 1. The number of furan rings is 1. The first-order valence-electron chi connectivity index (χ1n) is 9.39. The highest BCUT2D eigenvalue weighted by Gasteiger charge is 2.31. The lowest BCUT2D eigenvalue weighted by atomic mass is 10.1. The van der Waals surface area contributed by atoms with Gasteiger partial charge in [0.1, 0.15) is 5.82 Å². The minimum atomic E-state index is -4.38. The number of benzene rings is 1. The molecule has 1 amide bonds. The predicted octanol–water partition coefficient (Wildman–Crippen LogP) is 4.60. The molecule has 0 bridgehead atoms. The quantitative estimate of drug-likeness (QED) is 0.580. The Morgan fingerprint density at radius 3 is 2.76 bits per heavy atom. The molecule has 3 aromatic rings. The van der Waals surface area contributed by atoms with Crippen molar-refractivity contribution in [1.82, 2.24) is 14.5 Å². The van der Waals surface area contributed by atoms with E-state index in [1.54, 1.807) is 40.1 Å². The highest BCUT2D eigenvalue weighted by Crippen LogP contribution is 2.31. The lowest BCUT2D eigenvalue weighted by Crippen LogP contribution is -2.33. The number of hydrogen-bond acceptors (Lipinski definition) is 3. The van der Waals surface area contributed by atoms with Gasteiger partial charge in [-0.25, -0.2) is 4.98 Å². The van der Waals surface area contributed by atoms with Crippen molar-refractivity contribution in [2.45, 2.75) is 32.1 Å². The zero-order chi connectivity index (χ0) is 20.4. The lowest BCUT2D eigenvalue weighted by Gasteiger charge is -2.22. The Kier molecular flexibility index (Phi) is 5.17. The third-order valence-electron chi connectivity index (χ3n) is 4.94. The second-order valence-electron chi connectivity index (χ2n) is 7.28. The summed E-state index contributed by atoms with van der Waals surface area (Å²) >= 11 is 0. The van der Waals surface area contributed by atoms with Crippen LogP contribution in [-0.2, 0) is 19.3 Å². The molecule has 0 radical (unpaired) electrons. The Morgan fingerprint density at radius 1 is 1.24 bits per heavy atom. The number of imidazole rings is 1. The Hall–Kier alpha value is -3.03. The summed E-state index contributed by atoms with van der Waals surface area (Å²) < 4.78 is 45.9. The number of rotatable bonds is 7. The van der Waals surface area contributed by atoms with Gasteiger partial charge in [0, 0.05) is 25.5 Å². The van der Waals surface area contributed by atoms with E-state index in [0.29, 0.717) is 23.9 Å². The smallest absolute Gasteiger partial charge is 0.416 e. The van der Waals surface area contributed by atoms with Crippen LogP contribution in [-0.4, -0.2) is 26.9 Å². The van der Waals surface area contributed by atoms with Crippen LogP contribution in [0.2, 0.25) is 0 Å². The summed E-state index contributed by atoms with van der Waals surface area (Å²) in [6, 6.07) is 8.52. The normalized spacial score (nSPS) is 14.2. The Bertz CT molecular complexity index is 975. The molecule has 2 aromatic heterocycles. The van der Waals surface area contributed by atoms with Crippen molar-refractivity contribution in [3.05, 3.63) is 77.8 Å². The van der Waals surface area contributed by atoms with Crippen LogP contribution in [0, 0.1) is 5.92 Å². The molecule has 1 aliphatic rings. The molecule has 1 aromatic carbocycles. The van der Waals surface area contributed by atoms with E-state index in [4.69, 9.17) is 4.42 Å². The second-order valence-corrected chi connectivity index (χ2v) is 7.28. The molecule has 152 valence electrons. The molecule has 1 fully saturated rings. The third-order valence-corrected chi connectivity index (χ3v) is 4.94. The standard InChI is InChI=1S/C21H20F3N3O2/c22-21(23,24)17-4-1-3-16(11-17)13-26-9-8-25-19(26)14-27(12-15-6-7-15)20(28)18-5-2-10-29-18/h1-5,8-11,15H,6-7,12-14H2. The zero-order valence-corrected chi connectivity index (χ0v) is 15.6. The Balaban J connectivity index is 1.52. The van der Waals surface area contributed by atoms with Crippen LogP contribution in [0.1, 0.15) is 40.3 Å². The van der Waals surface area contributed by atoms with Gasteiger partial charge in [-0.2, -0.15) is 13.2 Å². The summed E-state index contributed by atoms with van der Waals surface area (Å²) in [5.74, 6) is 1.14. The Morgan fingerprint density at radius 2 is 2.07 bits per heavy atom. The lowest BCUT2D eigenvalue weighted by molar-refractivity contribution is -0.137. The molecule has 29 heavy (non-hydrogen) atoms. The van der Waals surface area contributed by atoms with Crippen molar-refractivity contribution in [2.75, 3.05) is 6.54 Å². The molecule has 0 saturated heterocycles. The highest BCUT2D eigenvalue weighted by atomic mass is 19.4. The van der Waals surface area contributed by atoms with Crippen LogP contribution in [0.3, 0.4) is 0 Å². The molecule has 0 unspecified atom stereocenters. The van der Waals surface area contributed by atoms with Crippen molar-refractivity contribution in [2.24, 2.45) is 5.92 Å². The minimum Gasteiger partial charge on any atom is -0.459 e. The van der Waals surface area contributed by atoms with E-state index in [1.165, 1.54) is 12.3 Å². The predicted molar refractivity (Wildman–Crippen MR) is 98.9 cm³/mol. The van der Waals surface area contributed by atoms with Gasteiger partial charge in [0.15, 0.2) is 5.76 Å². The summed E-state index contributed by atoms with van der Waals surface area (Å²) in [6.07, 6.45) is 2.54. The topological polar surface area (TPSA) is 51.3 Å². The summed E-state index contributed by atoms with van der Waals surface area (Å²) in [6.45, 7) is 1.11. The average Bonchev–Trinajstić information content (AvgIpc) is 3.15. The van der Waals surface area contributed by atoms with Crippen molar-refractivity contribution in [3.8, 4) is 0 Å². The molecule has 1 aliphatic carbocycles. The fraction of sp³-hybridized carbons (Fsp3) is 0.333. The van der Waals surface area contributed by atoms with Crippen LogP contribution < -0.4 is 0 Å². The molecule has 1 saturated carbocycles. The van der Waals surface area contributed by atoms with Gasteiger partial charge in [-0.1, -0.05) is 12.1 Å². The maximum absolute atomic E-state index is 13.0. The van der Waals surface area contributed by atoms with E-state index >= 15 is 0 Å². The maximum atomic E-state index is 13.0. The molecular weight excluding hydrogens is 383 g/mol.